The van der Waals surface area contributed by atoms with Gasteiger partial charge in [-0.2, -0.15) is 0 Å². The van der Waals surface area contributed by atoms with Gasteiger partial charge in [-0.05, 0) is 32.0 Å². The summed E-state index contributed by atoms with van der Waals surface area (Å²) in [7, 11) is 0. The lowest BCUT2D eigenvalue weighted by Crippen LogP contribution is -2.35. The number of halogens is 2. The number of carbonyl (C=O) groups excluding carboxylic acids is 1. The molecule has 3 nitrogen and oxygen atoms in total. The highest BCUT2D eigenvalue weighted by atomic mass is 35.5. The van der Waals surface area contributed by atoms with Crippen LogP contribution in [-0.4, -0.2) is 28.9 Å². The molecule has 100 valence electrons. The van der Waals surface area contributed by atoms with Gasteiger partial charge in [0, 0.05) is 16.5 Å². The van der Waals surface area contributed by atoms with Crippen molar-refractivity contribution in [3.63, 3.8) is 0 Å². The van der Waals surface area contributed by atoms with Crippen molar-refractivity contribution in [2.24, 2.45) is 0 Å². The summed E-state index contributed by atoms with van der Waals surface area (Å²) >= 11 is 13.2. The second-order valence-electron chi connectivity index (χ2n) is 3.93. The highest BCUT2D eigenvalue weighted by molar-refractivity contribution is 8.00. The van der Waals surface area contributed by atoms with Gasteiger partial charge in [0.2, 0.25) is 5.91 Å². The normalized spacial score (nSPS) is 14.1. The molecule has 0 aromatic heterocycles. The Kier molecular flexibility index (Phi) is 6.29. The Bertz CT molecular complexity index is 427. The molecule has 0 bridgehead atoms. The van der Waals surface area contributed by atoms with E-state index in [0.29, 0.717) is 10.0 Å². The number of hydrogen-bond acceptors (Lipinski definition) is 3. The van der Waals surface area contributed by atoms with E-state index in [1.54, 1.807) is 32.0 Å². The highest BCUT2D eigenvalue weighted by Crippen LogP contribution is 2.32. The summed E-state index contributed by atoms with van der Waals surface area (Å²) in [5, 5.41) is 12.6. The van der Waals surface area contributed by atoms with Gasteiger partial charge in [-0.15, -0.1) is 11.8 Å². The molecular formula is C12H15Cl2NO2S. The minimum absolute atomic E-state index is 0.142. The second-order valence-corrected chi connectivity index (χ2v) is 6.16. The Morgan fingerprint density at radius 1 is 1.44 bits per heavy atom. The van der Waals surface area contributed by atoms with E-state index >= 15 is 0 Å². The number of hydrogen-bond donors (Lipinski definition) is 2. The van der Waals surface area contributed by atoms with Crippen LogP contribution in [0.25, 0.3) is 0 Å². The number of benzene rings is 1. The molecule has 1 aromatic carbocycles. The molecular weight excluding hydrogens is 293 g/mol. The fourth-order valence-corrected chi connectivity index (χ4v) is 2.64. The van der Waals surface area contributed by atoms with Crippen LogP contribution >= 0.6 is 35.0 Å². The summed E-state index contributed by atoms with van der Waals surface area (Å²) in [4.78, 5) is 12.5. The Morgan fingerprint density at radius 2 is 2.11 bits per heavy atom. The van der Waals surface area contributed by atoms with Crippen molar-refractivity contribution in [1.29, 1.82) is 0 Å². The third kappa shape index (κ3) is 5.06. The quantitative estimate of drug-likeness (QED) is 0.822. The molecule has 2 atom stereocenters. The molecule has 1 aromatic rings. The zero-order valence-electron chi connectivity index (χ0n) is 10.1. The first kappa shape index (κ1) is 15.6. The SMILES string of the molecule is CC(O)CNC(=O)C(C)Sc1cc(Cl)ccc1Cl. The summed E-state index contributed by atoms with van der Waals surface area (Å²) in [6.45, 7) is 3.64. The fourth-order valence-electron chi connectivity index (χ4n) is 1.20. The zero-order chi connectivity index (χ0) is 13.7. The first-order chi connectivity index (χ1) is 8.40. The van der Waals surface area contributed by atoms with Crippen LogP contribution in [0.4, 0.5) is 0 Å². The largest absolute Gasteiger partial charge is 0.392 e. The first-order valence-corrected chi connectivity index (χ1v) is 7.11. The standard InChI is InChI=1S/C12H15Cl2NO2S/c1-7(16)6-15-12(17)8(2)18-11-5-9(13)3-4-10(11)14/h3-5,7-8,16H,6H2,1-2H3,(H,15,17). The molecule has 18 heavy (non-hydrogen) atoms. The second kappa shape index (κ2) is 7.24. The van der Waals surface area contributed by atoms with Crippen LogP contribution < -0.4 is 5.32 Å². The monoisotopic (exact) mass is 307 g/mol. The number of carbonyl (C=O) groups is 1. The van der Waals surface area contributed by atoms with E-state index in [9.17, 15) is 4.79 Å². The van der Waals surface area contributed by atoms with Gasteiger partial charge in [0.25, 0.3) is 0 Å². The van der Waals surface area contributed by atoms with Crippen LogP contribution in [0.15, 0.2) is 23.1 Å². The van der Waals surface area contributed by atoms with Crippen molar-refractivity contribution in [3.8, 4) is 0 Å². The molecule has 0 aliphatic heterocycles. The summed E-state index contributed by atoms with van der Waals surface area (Å²) in [6.07, 6.45) is -0.555. The maximum Gasteiger partial charge on any atom is 0.233 e. The van der Waals surface area contributed by atoms with Crippen molar-refractivity contribution < 1.29 is 9.90 Å². The van der Waals surface area contributed by atoms with Gasteiger partial charge in [0.15, 0.2) is 0 Å². The molecule has 1 rings (SSSR count). The molecule has 0 heterocycles. The van der Waals surface area contributed by atoms with Crippen molar-refractivity contribution in [3.05, 3.63) is 28.2 Å². The van der Waals surface area contributed by atoms with Crippen LogP contribution in [0.3, 0.4) is 0 Å². The third-order valence-corrected chi connectivity index (χ3v) is 3.97. The zero-order valence-corrected chi connectivity index (χ0v) is 12.4. The van der Waals surface area contributed by atoms with Crippen LogP contribution in [0.1, 0.15) is 13.8 Å². The van der Waals surface area contributed by atoms with Crippen LogP contribution in [-0.2, 0) is 4.79 Å². The molecule has 0 radical (unpaired) electrons. The molecule has 0 spiro atoms. The molecule has 0 saturated heterocycles. The van der Waals surface area contributed by atoms with E-state index in [2.05, 4.69) is 5.32 Å². The first-order valence-electron chi connectivity index (χ1n) is 5.47. The van der Waals surface area contributed by atoms with E-state index in [0.717, 1.165) is 4.90 Å². The molecule has 0 aliphatic carbocycles. The molecule has 1 amide bonds. The van der Waals surface area contributed by atoms with Crippen LogP contribution in [0, 0.1) is 0 Å². The lowest BCUT2D eigenvalue weighted by Gasteiger charge is -2.13. The summed E-state index contributed by atoms with van der Waals surface area (Å²) < 4.78 is 0. The predicted molar refractivity (Wildman–Crippen MR) is 76.5 cm³/mol. The van der Waals surface area contributed by atoms with E-state index in [1.165, 1.54) is 11.8 Å². The maximum atomic E-state index is 11.7. The van der Waals surface area contributed by atoms with Gasteiger partial charge in [0.05, 0.1) is 16.4 Å². The molecule has 0 aliphatic rings. The van der Waals surface area contributed by atoms with Gasteiger partial charge in [-0.3, -0.25) is 4.79 Å². The molecule has 2 N–H and O–H groups in total. The Balaban J connectivity index is 2.60. The lowest BCUT2D eigenvalue weighted by molar-refractivity contribution is -0.120. The fraction of sp³-hybridized carbons (Fsp3) is 0.417. The van der Waals surface area contributed by atoms with Gasteiger partial charge >= 0.3 is 0 Å². The number of aliphatic hydroxyl groups is 1. The summed E-state index contributed by atoms with van der Waals surface area (Å²) in [5.74, 6) is -0.142. The minimum Gasteiger partial charge on any atom is -0.392 e. The van der Waals surface area contributed by atoms with Crippen molar-refractivity contribution in [2.45, 2.75) is 30.1 Å². The topological polar surface area (TPSA) is 49.3 Å². The molecule has 2 unspecified atom stereocenters. The predicted octanol–water partition coefficient (Wildman–Crippen LogP) is 2.97. The van der Waals surface area contributed by atoms with Gasteiger partial charge < -0.3 is 10.4 Å². The molecule has 0 fully saturated rings. The lowest BCUT2D eigenvalue weighted by atomic mass is 10.3. The smallest absolute Gasteiger partial charge is 0.233 e. The average Bonchev–Trinajstić information content (AvgIpc) is 2.30. The highest BCUT2D eigenvalue weighted by Gasteiger charge is 2.16. The molecule has 0 saturated carbocycles. The summed E-state index contributed by atoms with van der Waals surface area (Å²) in [6, 6.07) is 5.13. The Morgan fingerprint density at radius 3 is 2.72 bits per heavy atom. The van der Waals surface area contributed by atoms with Gasteiger partial charge in [0.1, 0.15) is 0 Å². The molecule has 6 heteroatoms. The maximum absolute atomic E-state index is 11.7. The van der Waals surface area contributed by atoms with Gasteiger partial charge in [-0.1, -0.05) is 23.2 Å². The van der Waals surface area contributed by atoms with Crippen molar-refractivity contribution in [2.75, 3.05) is 6.54 Å². The number of aliphatic hydroxyl groups excluding tert-OH is 1. The van der Waals surface area contributed by atoms with Crippen LogP contribution in [0.2, 0.25) is 10.0 Å². The third-order valence-electron chi connectivity index (χ3n) is 2.14. The van der Waals surface area contributed by atoms with E-state index in [1.807, 2.05) is 0 Å². The van der Waals surface area contributed by atoms with Crippen molar-refractivity contribution in [1.82, 2.24) is 5.32 Å². The average molecular weight is 308 g/mol. The van der Waals surface area contributed by atoms with Crippen molar-refractivity contribution >= 4 is 40.9 Å². The van der Waals surface area contributed by atoms with E-state index in [4.69, 9.17) is 28.3 Å². The van der Waals surface area contributed by atoms with E-state index < -0.39 is 6.10 Å². The number of thioether (sulfide) groups is 1. The summed E-state index contributed by atoms with van der Waals surface area (Å²) in [5.41, 5.74) is 0. The van der Waals surface area contributed by atoms with Gasteiger partial charge in [-0.25, -0.2) is 0 Å². The number of rotatable bonds is 5. The van der Waals surface area contributed by atoms with Crippen LogP contribution in [0.5, 0.6) is 0 Å². The Labute approximate surface area is 121 Å². The number of amides is 1. The Hall–Kier alpha value is -0.420. The van der Waals surface area contributed by atoms with E-state index in [-0.39, 0.29) is 17.7 Å². The number of nitrogens with one attached hydrogen (secondary N) is 1. The minimum atomic E-state index is -0.555.